The zero-order valence-corrected chi connectivity index (χ0v) is 9.61. The molecule has 7 heteroatoms. The molecule has 1 unspecified atom stereocenters. The van der Waals surface area contributed by atoms with E-state index in [1.165, 1.54) is 0 Å². The average molecular weight is 249 g/mol. The summed E-state index contributed by atoms with van der Waals surface area (Å²) in [5.41, 5.74) is 0. The van der Waals surface area contributed by atoms with Crippen LogP contribution in [0.15, 0.2) is 0 Å². The van der Waals surface area contributed by atoms with Crippen LogP contribution in [0.4, 0.5) is 0 Å². The van der Waals surface area contributed by atoms with Gasteiger partial charge >= 0.3 is 0 Å². The third-order valence-electron chi connectivity index (χ3n) is 2.25. The van der Waals surface area contributed by atoms with Crippen LogP contribution in [0.1, 0.15) is 19.8 Å². The van der Waals surface area contributed by atoms with Crippen molar-refractivity contribution >= 4 is 12.2 Å². The van der Waals surface area contributed by atoms with Gasteiger partial charge in [0.15, 0.2) is 0 Å². The number of nitrogens with one attached hydrogen (secondary N) is 1. The Kier molecular flexibility index (Phi) is 7.64. The minimum Gasteiger partial charge on any atom is -0.394 e. The van der Waals surface area contributed by atoms with Crippen LogP contribution in [0.25, 0.3) is 0 Å². The van der Waals surface area contributed by atoms with Gasteiger partial charge in [0.2, 0.25) is 5.91 Å². The molecule has 0 aliphatic heterocycles. The molecule has 17 heavy (non-hydrogen) atoms. The van der Waals surface area contributed by atoms with Crippen LogP contribution in [0.3, 0.4) is 0 Å². The number of aliphatic hydroxyl groups excluding tert-OH is 4. The van der Waals surface area contributed by atoms with Crippen molar-refractivity contribution < 1.29 is 30.0 Å². The van der Waals surface area contributed by atoms with Gasteiger partial charge in [-0.05, 0) is 6.42 Å². The lowest BCUT2D eigenvalue weighted by Gasteiger charge is -2.26. The Balaban J connectivity index is 4.43. The quantitative estimate of drug-likeness (QED) is 0.304. The highest BCUT2D eigenvalue weighted by atomic mass is 16.4. The summed E-state index contributed by atoms with van der Waals surface area (Å²) in [6, 6.07) is -1.31. The molecule has 0 bridgehead atoms. The maximum atomic E-state index is 11.2. The summed E-state index contributed by atoms with van der Waals surface area (Å²) in [5, 5.41) is 38.8. The lowest BCUT2D eigenvalue weighted by molar-refractivity contribution is -0.131. The number of carbonyl (C=O) groups excluding carboxylic acids is 2. The van der Waals surface area contributed by atoms with E-state index in [2.05, 4.69) is 5.32 Å². The van der Waals surface area contributed by atoms with Gasteiger partial charge in [-0.3, -0.25) is 4.79 Å². The predicted molar refractivity (Wildman–Crippen MR) is 58.0 cm³/mol. The first-order chi connectivity index (χ1) is 7.97. The summed E-state index contributed by atoms with van der Waals surface area (Å²) in [7, 11) is 0. The number of carbonyl (C=O) groups is 2. The molecule has 0 heterocycles. The van der Waals surface area contributed by atoms with Crippen molar-refractivity contribution in [2.24, 2.45) is 0 Å². The molecule has 5 N–H and O–H groups in total. The van der Waals surface area contributed by atoms with Gasteiger partial charge < -0.3 is 30.5 Å². The van der Waals surface area contributed by atoms with Crippen molar-refractivity contribution in [1.82, 2.24) is 5.32 Å². The minimum atomic E-state index is -1.71. The van der Waals surface area contributed by atoms with Crippen LogP contribution in [0.2, 0.25) is 0 Å². The zero-order valence-electron chi connectivity index (χ0n) is 9.61. The van der Waals surface area contributed by atoms with Gasteiger partial charge in [0.05, 0.1) is 6.61 Å². The molecule has 100 valence electrons. The Bertz CT molecular complexity index is 247. The molecule has 0 aromatic carbocycles. The number of rotatable bonds is 8. The van der Waals surface area contributed by atoms with Crippen LogP contribution in [0, 0.1) is 0 Å². The molecule has 1 amide bonds. The summed E-state index contributed by atoms with van der Waals surface area (Å²) in [6.45, 7) is 1.02. The molecule has 0 saturated heterocycles. The van der Waals surface area contributed by atoms with E-state index in [1.54, 1.807) is 6.92 Å². The van der Waals surface area contributed by atoms with Crippen molar-refractivity contribution in [3.8, 4) is 0 Å². The van der Waals surface area contributed by atoms with Crippen molar-refractivity contribution in [2.75, 3.05) is 6.61 Å². The maximum Gasteiger partial charge on any atom is 0.220 e. The predicted octanol–water partition coefficient (Wildman–Crippen LogP) is -2.45. The SMILES string of the molecule is CCCC(=O)N[C@@H](C=O)[C@@H](O)[C@H](O)C(O)CO. The largest absolute Gasteiger partial charge is 0.394 e. The molecule has 0 fully saturated rings. The van der Waals surface area contributed by atoms with E-state index < -0.39 is 36.9 Å². The summed E-state index contributed by atoms with van der Waals surface area (Å²) >= 11 is 0. The normalized spacial score (nSPS) is 17.9. The van der Waals surface area contributed by atoms with E-state index in [9.17, 15) is 19.8 Å². The number of hydrogen-bond acceptors (Lipinski definition) is 6. The smallest absolute Gasteiger partial charge is 0.220 e. The first-order valence-electron chi connectivity index (χ1n) is 5.37. The van der Waals surface area contributed by atoms with Crippen molar-refractivity contribution in [1.29, 1.82) is 0 Å². The van der Waals surface area contributed by atoms with Crippen LogP contribution < -0.4 is 5.32 Å². The van der Waals surface area contributed by atoms with Crippen LogP contribution in [0.5, 0.6) is 0 Å². The molecule has 0 aromatic rings. The van der Waals surface area contributed by atoms with Gasteiger partial charge in [0.1, 0.15) is 30.6 Å². The molecule has 0 rings (SSSR count). The lowest BCUT2D eigenvalue weighted by Crippen LogP contribution is -2.53. The number of hydrogen-bond donors (Lipinski definition) is 5. The lowest BCUT2D eigenvalue weighted by atomic mass is 10.0. The van der Waals surface area contributed by atoms with Gasteiger partial charge in [-0.15, -0.1) is 0 Å². The van der Waals surface area contributed by atoms with E-state index in [-0.39, 0.29) is 12.7 Å². The third-order valence-corrected chi connectivity index (χ3v) is 2.25. The number of aliphatic hydroxyl groups is 4. The maximum absolute atomic E-state index is 11.2. The fraction of sp³-hybridized carbons (Fsp3) is 0.800. The highest BCUT2D eigenvalue weighted by Gasteiger charge is 2.31. The van der Waals surface area contributed by atoms with Crippen molar-refractivity contribution in [3.63, 3.8) is 0 Å². The fourth-order valence-corrected chi connectivity index (χ4v) is 1.23. The highest BCUT2D eigenvalue weighted by molar-refractivity contribution is 5.79. The van der Waals surface area contributed by atoms with Gasteiger partial charge in [0.25, 0.3) is 0 Å². The molecular weight excluding hydrogens is 230 g/mol. The Morgan fingerprint density at radius 2 is 1.88 bits per heavy atom. The van der Waals surface area contributed by atoms with Crippen molar-refractivity contribution in [3.05, 3.63) is 0 Å². The molecule has 0 spiro atoms. The monoisotopic (exact) mass is 249 g/mol. The van der Waals surface area contributed by atoms with Gasteiger partial charge in [0, 0.05) is 6.42 Å². The zero-order chi connectivity index (χ0) is 13.4. The Hall–Kier alpha value is -1.02. The minimum absolute atomic E-state index is 0.190. The third kappa shape index (κ3) is 5.22. The van der Waals surface area contributed by atoms with E-state index >= 15 is 0 Å². The van der Waals surface area contributed by atoms with Crippen LogP contribution in [-0.2, 0) is 9.59 Å². The molecule has 0 saturated carbocycles. The number of amides is 1. The Labute approximate surface area is 99.1 Å². The average Bonchev–Trinajstić information content (AvgIpc) is 2.33. The first-order valence-corrected chi connectivity index (χ1v) is 5.37. The standard InChI is InChI=1S/C10H19NO6/c1-2-3-8(15)11-6(4-12)9(16)10(17)7(14)5-13/h4,6-7,9-10,13-14,16-17H,2-3,5H2,1H3,(H,11,15)/t6-,7?,9+,10+/m0/s1. The van der Waals surface area contributed by atoms with E-state index in [1.807, 2.05) is 0 Å². The van der Waals surface area contributed by atoms with Gasteiger partial charge in [-0.25, -0.2) is 0 Å². The van der Waals surface area contributed by atoms with Gasteiger partial charge in [-0.2, -0.15) is 0 Å². The van der Waals surface area contributed by atoms with Crippen LogP contribution in [-0.4, -0.2) is 63.6 Å². The molecule has 7 nitrogen and oxygen atoms in total. The van der Waals surface area contributed by atoms with Gasteiger partial charge in [-0.1, -0.05) is 6.92 Å². The second-order valence-corrected chi connectivity index (χ2v) is 3.71. The second-order valence-electron chi connectivity index (χ2n) is 3.71. The first kappa shape index (κ1) is 16.0. The summed E-state index contributed by atoms with van der Waals surface area (Å²) in [5.74, 6) is -0.436. The Morgan fingerprint density at radius 1 is 1.29 bits per heavy atom. The van der Waals surface area contributed by atoms with Crippen molar-refractivity contribution in [2.45, 2.75) is 44.1 Å². The highest BCUT2D eigenvalue weighted by Crippen LogP contribution is 2.04. The van der Waals surface area contributed by atoms with E-state index in [4.69, 9.17) is 10.2 Å². The second kappa shape index (κ2) is 8.13. The molecule has 0 radical (unpaired) electrons. The molecule has 0 aromatic heterocycles. The Morgan fingerprint density at radius 3 is 2.29 bits per heavy atom. The summed E-state index contributed by atoms with van der Waals surface area (Å²) < 4.78 is 0. The fourth-order valence-electron chi connectivity index (χ4n) is 1.23. The molecule has 4 atom stereocenters. The number of aldehydes is 1. The summed E-state index contributed by atoms with van der Waals surface area (Å²) in [6.07, 6.45) is -3.92. The molecule has 0 aliphatic carbocycles. The summed E-state index contributed by atoms with van der Waals surface area (Å²) in [4.78, 5) is 21.9. The van der Waals surface area contributed by atoms with Crippen LogP contribution >= 0.6 is 0 Å². The topological polar surface area (TPSA) is 127 Å². The molecular formula is C10H19NO6. The molecule has 0 aliphatic rings. The van der Waals surface area contributed by atoms with E-state index in [0.29, 0.717) is 6.42 Å². The van der Waals surface area contributed by atoms with E-state index in [0.717, 1.165) is 0 Å².